The SMILES string of the molecule is C#CC(C)(O)c1ccc(C(F)(F)F)cc1. The third-order valence-electron chi connectivity index (χ3n) is 2.06. The Morgan fingerprint density at radius 2 is 1.53 bits per heavy atom. The highest BCUT2D eigenvalue weighted by molar-refractivity contribution is 5.32. The summed E-state index contributed by atoms with van der Waals surface area (Å²) in [6, 6.07) is 4.12. The second kappa shape index (κ2) is 3.59. The number of terminal acetylenes is 1. The Hall–Kier alpha value is -1.47. The van der Waals surface area contributed by atoms with Crippen molar-refractivity contribution in [3.05, 3.63) is 35.4 Å². The van der Waals surface area contributed by atoms with Crippen LogP contribution in [0.3, 0.4) is 0 Å². The maximum Gasteiger partial charge on any atom is 0.416 e. The average Bonchev–Trinajstić information content (AvgIpc) is 2.17. The zero-order valence-corrected chi connectivity index (χ0v) is 7.97. The molecule has 15 heavy (non-hydrogen) atoms. The molecule has 0 amide bonds. The molecular weight excluding hydrogens is 205 g/mol. The molecule has 1 N–H and O–H groups in total. The molecule has 0 fully saturated rings. The normalized spacial score (nSPS) is 15.5. The summed E-state index contributed by atoms with van der Waals surface area (Å²) in [7, 11) is 0. The standard InChI is InChI=1S/C11H9F3O/c1-3-10(2,15)8-4-6-9(7-5-8)11(12,13)14/h1,4-7,15H,2H3. The van der Waals surface area contributed by atoms with Crippen LogP contribution in [0.4, 0.5) is 13.2 Å². The summed E-state index contributed by atoms with van der Waals surface area (Å²) < 4.78 is 36.6. The van der Waals surface area contributed by atoms with Gasteiger partial charge >= 0.3 is 6.18 Å². The molecule has 1 unspecified atom stereocenters. The van der Waals surface area contributed by atoms with Crippen LogP contribution < -0.4 is 0 Å². The summed E-state index contributed by atoms with van der Waals surface area (Å²) in [6.07, 6.45) is 0.665. The predicted molar refractivity (Wildman–Crippen MR) is 49.8 cm³/mol. The van der Waals surface area contributed by atoms with Gasteiger partial charge in [0, 0.05) is 0 Å². The third-order valence-corrected chi connectivity index (χ3v) is 2.06. The number of alkyl halides is 3. The van der Waals surface area contributed by atoms with Crippen molar-refractivity contribution < 1.29 is 18.3 Å². The first-order chi connectivity index (χ1) is 6.77. The summed E-state index contributed by atoms with van der Waals surface area (Å²) in [4.78, 5) is 0. The molecule has 0 heterocycles. The Balaban J connectivity index is 3.08. The van der Waals surface area contributed by atoms with E-state index in [0.29, 0.717) is 0 Å². The van der Waals surface area contributed by atoms with Crippen molar-refractivity contribution in [3.63, 3.8) is 0 Å². The quantitative estimate of drug-likeness (QED) is 0.712. The summed E-state index contributed by atoms with van der Waals surface area (Å²) >= 11 is 0. The van der Waals surface area contributed by atoms with E-state index in [0.717, 1.165) is 12.1 Å². The van der Waals surface area contributed by atoms with Gasteiger partial charge in [-0.25, -0.2) is 0 Å². The third kappa shape index (κ3) is 2.51. The fourth-order valence-electron chi connectivity index (χ4n) is 1.07. The highest BCUT2D eigenvalue weighted by Crippen LogP contribution is 2.30. The molecule has 0 saturated carbocycles. The summed E-state index contributed by atoms with van der Waals surface area (Å²) in [5.41, 5.74) is -2.04. The van der Waals surface area contributed by atoms with Crippen molar-refractivity contribution >= 4 is 0 Å². The minimum absolute atomic E-state index is 0.262. The van der Waals surface area contributed by atoms with Gasteiger partial charge in [-0.05, 0) is 24.6 Å². The Bertz CT molecular complexity index is 382. The second-order valence-electron chi connectivity index (χ2n) is 3.29. The van der Waals surface area contributed by atoms with Crippen LogP contribution in [0, 0.1) is 12.3 Å². The number of benzene rings is 1. The Kier molecular flexibility index (Phi) is 2.78. The number of halogens is 3. The highest BCUT2D eigenvalue weighted by Gasteiger charge is 2.30. The molecule has 80 valence electrons. The van der Waals surface area contributed by atoms with Crippen molar-refractivity contribution in [2.24, 2.45) is 0 Å². The number of rotatable bonds is 1. The second-order valence-corrected chi connectivity index (χ2v) is 3.29. The summed E-state index contributed by atoms with van der Waals surface area (Å²) in [5.74, 6) is 2.09. The molecular formula is C11H9F3O. The van der Waals surface area contributed by atoms with Crippen LogP contribution >= 0.6 is 0 Å². The van der Waals surface area contributed by atoms with Gasteiger partial charge in [-0.2, -0.15) is 13.2 Å². The molecule has 0 bridgehead atoms. The van der Waals surface area contributed by atoms with Crippen LogP contribution in [0.25, 0.3) is 0 Å². The van der Waals surface area contributed by atoms with Gasteiger partial charge in [-0.3, -0.25) is 0 Å². The number of hydrogen-bond acceptors (Lipinski definition) is 1. The monoisotopic (exact) mass is 214 g/mol. The van der Waals surface area contributed by atoms with Crippen LogP contribution in [0.5, 0.6) is 0 Å². The van der Waals surface area contributed by atoms with E-state index < -0.39 is 17.3 Å². The lowest BCUT2D eigenvalue weighted by Gasteiger charge is -2.17. The van der Waals surface area contributed by atoms with Crippen LogP contribution in [-0.2, 0) is 11.8 Å². The van der Waals surface area contributed by atoms with Crippen molar-refractivity contribution in [2.75, 3.05) is 0 Å². The Morgan fingerprint density at radius 1 is 1.13 bits per heavy atom. The van der Waals surface area contributed by atoms with Crippen LogP contribution in [0.1, 0.15) is 18.1 Å². The molecule has 1 nitrogen and oxygen atoms in total. The first-order valence-electron chi connectivity index (χ1n) is 4.15. The van der Waals surface area contributed by atoms with E-state index in [4.69, 9.17) is 6.42 Å². The van der Waals surface area contributed by atoms with E-state index in [-0.39, 0.29) is 5.56 Å². The molecule has 0 aliphatic rings. The van der Waals surface area contributed by atoms with Gasteiger partial charge in [0.1, 0.15) is 5.60 Å². The molecule has 0 aliphatic carbocycles. The smallest absolute Gasteiger partial charge is 0.374 e. The van der Waals surface area contributed by atoms with Gasteiger partial charge in [0.25, 0.3) is 0 Å². The molecule has 0 spiro atoms. The minimum atomic E-state index is -4.37. The Morgan fingerprint density at radius 3 is 1.87 bits per heavy atom. The zero-order valence-electron chi connectivity index (χ0n) is 7.97. The van der Waals surface area contributed by atoms with E-state index >= 15 is 0 Å². The Labute approximate surface area is 85.5 Å². The predicted octanol–water partition coefficient (Wildman–Crippen LogP) is 2.55. The molecule has 0 saturated heterocycles. The lowest BCUT2D eigenvalue weighted by atomic mass is 9.96. The van der Waals surface area contributed by atoms with Crippen molar-refractivity contribution in [1.29, 1.82) is 0 Å². The van der Waals surface area contributed by atoms with Gasteiger partial charge < -0.3 is 5.11 Å². The lowest BCUT2D eigenvalue weighted by Crippen LogP contribution is -2.18. The maximum absolute atomic E-state index is 12.2. The average molecular weight is 214 g/mol. The van der Waals surface area contributed by atoms with Crippen molar-refractivity contribution in [1.82, 2.24) is 0 Å². The maximum atomic E-state index is 12.2. The van der Waals surface area contributed by atoms with Gasteiger partial charge in [-0.15, -0.1) is 6.42 Å². The van der Waals surface area contributed by atoms with Crippen molar-refractivity contribution in [3.8, 4) is 12.3 Å². The van der Waals surface area contributed by atoms with E-state index in [2.05, 4.69) is 5.92 Å². The topological polar surface area (TPSA) is 20.2 Å². The molecule has 1 atom stereocenters. The lowest BCUT2D eigenvalue weighted by molar-refractivity contribution is -0.137. The molecule has 1 rings (SSSR count). The minimum Gasteiger partial charge on any atom is -0.374 e. The molecule has 0 radical (unpaired) electrons. The number of aliphatic hydroxyl groups is 1. The van der Waals surface area contributed by atoms with E-state index in [1.54, 1.807) is 0 Å². The van der Waals surface area contributed by atoms with Gasteiger partial charge in [0.2, 0.25) is 0 Å². The first-order valence-corrected chi connectivity index (χ1v) is 4.15. The van der Waals surface area contributed by atoms with Crippen molar-refractivity contribution in [2.45, 2.75) is 18.7 Å². The molecule has 0 aromatic heterocycles. The summed E-state index contributed by atoms with van der Waals surface area (Å²) in [6.45, 7) is 1.34. The zero-order chi connectivity index (χ0) is 11.7. The number of hydrogen-bond donors (Lipinski definition) is 1. The molecule has 1 aromatic rings. The van der Waals surface area contributed by atoms with E-state index in [9.17, 15) is 18.3 Å². The van der Waals surface area contributed by atoms with Crippen LogP contribution in [0.2, 0.25) is 0 Å². The van der Waals surface area contributed by atoms with Gasteiger partial charge in [0.05, 0.1) is 5.56 Å². The highest BCUT2D eigenvalue weighted by atomic mass is 19.4. The first kappa shape index (κ1) is 11.6. The summed E-state index contributed by atoms with van der Waals surface area (Å²) in [5, 5.41) is 9.57. The molecule has 4 heteroatoms. The fourth-order valence-corrected chi connectivity index (χ4v) is 1.07. The van der Waals surface area contributed by atoms with E-state index in [1.165, 1.54) is 19.1 Å². The fraction of sp³-hybridized carbons (Fsp3) is 0.273. The van der Waals surface area contributed by atoms with Crippen LogP contribution in [-0.4, -0.2) is 5.11 Å². The molecule has 1 aromatic carbocycles. The van der Waals surface area contributed by atoms with Crippen LogP contribution in [0.15, 0.2) is 24.3 Å². The van der Waals surface area contributed by atoms with E-state index in [1.807, 2.05) is 0 Å². The largest absolute Gasteiger partial charge is 0.416 e. The van der Waals surface area contributed by atoms with Gasteiger partial charge in [-0.1, -0.05) is 18.1 Å². The molecule has 0 aliphatic heterocycles. The van der Waals surface area contributed by atoms with Gasteiger partial charge in [0.15, 0.2) is 0 Å².